The summed E-state index contributed by atoms with van der Waals surface area (Å²) in [6.07, 6.45) is 6.32. The number of aryl methyl sites for hydroxylation is 1. The molecule has 0 bridgehead atoms. The van der Waals surface area contributed by atoms with Crippen LogP contribution in [0.5, 0.6) is 0 Å². The Hall–Kier alpha value is -2.23. The van der Waals surface area contributed by atoms with Gasteiger partial charge >= 0.3 is 5.97 Å². The highest BCUT2D eigenvalue weighted by molar-refractivity contribution is 5.89. The molecule has 0 radical (unpaired) electrons. The van der Waals surface area contributed by atoms with Crippen LogP contribution in [0.3, 0.4) is 0 Å². The fourth-order valence-electron chi connectivity index (χ4n) is 1.74. The van der Waals surface area contributed by atoms with Gasteiger partial charge in [0, 0.05) is 30.7 Å². The molecule has 2 heterocycles. The Labute approximate surface area is 105 Å². The lowest BCUT2D eigenvalue weighted by Gasteiger charge is -2.05. The lowest BCUT2D eigenvalue weighted by molar-refractivity contribution is 0.0695. The third-order valence-electron chi connectivity index (χ3n) is 2.80. The molecule has 0 saturated carbocycles. The SMILES string of the molecule is CCc1ccc(Cc2cnccc2C(=O)O)nc1. The molecule has 0 aromatic carbocycles. The molecule has 0 saturated heterocycles. The van der Waals surface area contributed by atoms with E-state index in [0.29, 0.717) is 12.0 Å². The van der Waals surface area contributed by atoms with E-state index >= 15 is 0 Å². The summed E-state index contributed by atoms with van der Waals surface area (Å²) in [6.45, 7) is 2.07. The van der Waals surface area contributed by atoms with Gasteiger partial charge in [-0.1, -0.05) is 13.0 Å². The van der Waals surface area contributed by atoms with E-state index < -0.39 is 5.97 Å². The van der Waals surface area contributed by atoms with Crippen molar-refractivity contribution in [3.05, 3.63) is 59.2 Å². The van der Waals surface area contributed by atoms with Crippen LogP contribution in [0.2, 0.25) is 0 Å². The van der Waals surface area contributed by atoms with Gasteiger partial charge in [-0.2, -0.15) is 0 Å². The monoisotopic (exact) mass is 242 g/mol. The first-order valence-electron chi connectivity index (χ1n) is 5.80. The van der Waals surface area contributed by atoms with Crippen molar-refractivity contribution in [3.63, 3.8) is 0 Å². The van der Waals surface area contributed by atoms with Crippen LogP contribution >= 0.6 is 0 Å². The van der Waals surface area contributed by atoms with E-state index in [4.69, 9.17) is 5.11 Å². The molecule has 1 N–H and O–H groups in total. The average molecular weight is 242 g/mol. The van der Waals surface area contributed by atoms with Crippen LogP contribution in [-0.4, -0.2) is 21.0 Å². The van der Waals surface area contributed by atoms with E-state index in [-0.39, 0.29) is 5.56 Å². The summed E-state index contributed by atoms with van der Waals surface area (Å²) < 4.78 is 0. The van der Waals surface area contributed by atoms with E-state index in [9.17, 15) is 4.79 Å². The molecule has 0 fully saturated rings. The number of aromatic nitrogens is 2. The highest BCUT2D eigenvalue weighted by Crippen LogP contribution is 2.12. The Bertz CT molecular complexity index is 550. The van der Waals surface area contributed by atoms with Gasteiger partial charge in [-0.15, -0.1) is 0 Å². The minimum absolute atomic E-state index is 0.284. The third-order valence-corrected chi connectivity index (χ3v) is 2.80. The summed E-state index contributed by atoms with van der Waals surface area (Å²) in [7, 11) is 0. The van der Waals surface area contributed by atoms with Crippen molar-refractivity contribution in [2.24, 2.45) is 0 Å². The number of nitrogens with zero attached hydrogens (tertiary/aromatic N) is 2. The average Bonchev–Trinajstić information content (AvgIpc) is 2.40. The zero-order valence-corrected chi connectivity index (χ0v) is 10.1. The Morgan fingerprint density at radius 1 is 1.28 bits per heavy atom. The first-order chi connectivity index (χ1) is 8.70. The van der Waals surface area contributed by atoms with Gasteiger partial charge in [0.1, 0.15) is 0 Å². The summed E-state index contributed by atoms with van der Waals surface area (Å²) in [5.74, 6) is -0.933. The summed E-state index contributed by atoms with van der Waals surface area (Å²) >= 11 is 0. The number of carboxylic acid groups (broad SMARTS) is 1. The lowest BCUT2D eigenvalue weighted by atomic mass is 10.0. The maximum Gasteiger partial charge on any atom is 0.336 e. The van der Waals surface area contributed by atoms with Crippen molar-refractivity contribution < 1.29 is 9.90 Å². The van der Waals surface area contributed by atoms with Gasteiger partial charge in [-0.05, 0) is 29.7 Å². The molecule has 0 spiro atoms. The second-order valence-electron chi connectivity index (χ2n) is 4.03. The van der Waals surface area contributed by atoms with Crippen molar-refractivity contribution >= 4 is 5.97 Å². The number of aromatic carboxylic acids is 1. The Kier molecular flexibility index (Phi) is 3.67. The molecule has 4 heteroatoms. The molecule has 0 amide bonds. The second kappa shape index (κ2) is 5.40. The summed E-state index contributed by atoms with van der Waals surface area (Å²) in [5.41, 5.74) is 2.99. The van der Waals surface area contributed by atoms with Crippen molar-refractivity contribution in [3.8, 4) is 0 Å². The molecule has 0 unspecified atom stereocenters. The predicted molar refractivity (Wildman–Crippen MR) is 67.6 cm³/mol. The smallest absolute Gasteiger partial charge is 0.336 e. The zero-order chi connectivity index (χ0) is 13.0. The number of hydrogen-bond donors (Lipinski definition) is 1. The number of carboxylic acids is 1. The molecule has 18 heavy (non-hydrogen) atoms. The number of rotatable bonds is 4. The minimum atomic E-state index is -0.933. The van der Waals surface area contributed by atoms with E-state index in [0.717, 1.165) is 12.1 Å². The Morgan fingerprint density at radius 2 is 2.11 bits per heavy atom. The van der Waals surface area contributed by atoms with Crippen LogP contribution < -0.4 is 0 Å². The topological polar surface area (TPSA) is 63.1 Å². The molecule has 0 atom stereocenters. The molecular formula is C14H14N2O2. The normalized spacial score (nSPS) is 10.3. The summed E-state index contributed by atoms with van der Waals surface area (Å²) in [5, 5.41) is 9.08. The number of carbonyl (C=O) groups is 1. The molecule has 92 valence electrons. The van der Waals surface area contributed by atoms with E-state index in [1.54, 1.807) is 6.20 Å². The molecule has 0 aliphatic carbocycles. The molecule has 0 aliphatic heterocycles. The van der Waals surface area contributed by atoms with Crippen molar-refractivity contribution in [1.82, 2.24) is 9.97 Å². The van der Waals surface area contributed by atoms with Crippen LogP contribution in [0.25, 0.3) is 0 Å². The number of pyridine rings is 2. The van der Waals surface area contributed by atoms with Gasteiger partial charge < -0.3 is 5.11 Å². The van der Waals surface area contributed by atoms with Crippen LogP contribution in [0, 0.1) is 0 Å². The van der Waals surface area contributed by atoms with Gasteiger partial charge in [0.15, 0.2) is 0 Å². The lowest BCUT2D eigenvalue weighted by Crippen LogP contribution is -2.04. The Morgan fingerprint density at radius 3 is 2.72 bits per heavy atom. The fourth-order valence-corrected chi connectivity index (χ4v) is 1.74. The van der Waals surface area contributed by atoms with Crippen LogP contribution in [0.1, 0.15) is 34.1 Å². The maximum atomic E-state index is 11.1. The molecule has 2 rings (SSSR count). The second-order valence-corrected chi connectivity index (χ2v) is 4.03. The molecule has 2 aromatic heterocycles. The standard InChI is InChI=1S/C14H14N2O2/c1-2-10-3-4-12(16-8-10)7-11-9-15-6-5-13(11)14(17)18/h3-6,8-9H,2,7H2,1H3,(H,17,18). The van der Waals surface area contributed by atoms with Crippen molar-refractivity contribution in [2.45, 2.75) is 19.8 Å². The van der Waals surface area contributed by atoms with Gasteiger partial charge in [-0.3, -0.25) is 9.97 Å². The molecule has 4 nitrogen and oxygen atoms in total. The fraction of sp³-hybridized carbons (Fsp3) is 0.214. The molecule has 2 aromatic rings. The first-order valence-corrected chi connectivity index (χ1v) is 5.80. The van der Waals surface area contributed by atoms with Crippen LogP contribution in [0.4, 0.5) is 0 Å². The highest BCUT2D eigenvalue weighted by atomic mass is 16.4. The molecular weight excluding hydrogens is 228 g/mol. The summed E-state index contributed by atoms with van der Waals surface area (Å²) in [4.78, 5) is 19.4. The maximum absolute atomic E-state index is 11.1. The minimum Gasteiger partial charge on any atom is -0.478 e. The molecule has 0 aliphatic rings. The van der Waals surface area contributed by atoms with Gasteiger partial charge in [0.05, 0.1) is 5.56 Å². The van der Waals surface area contributed by atoms with E-state index in [1.165, 1.54) is 17.8 Å². The van der Waals surface area contributed by atoms with Crippen molar-refractivity contribution in [2.75, 3.05) is 0 Å². The van der Waals surface area contributed by atoms with Gasteiger partial charge in [0.2, 0.25) is 0 Å². The van der Waals surface area contributed by atoms with E-state index in [2.05, 4.69) is 16.9 Å². The van der Waals surface area contributed by atoms with E-state index in [1.807, 2.05) is 18.3 Å². The quantitative estimate of drug-likeness (QED) is 0.893. The van der Waals surface area contributed by atoms with Gasteiger partial charge in [-0.25, -0.2) is 4.79 Å². The third kappa shape index (κ3) is 2.71. The zero-order valence-electron chi connectivity index (χ0n) is 10.1. The number of hydrogen-bond acceptors (Lipinski definition) is 3. The predicted octanol–water partition coefficient (Wildman–Crippen LogP) is 2.33. The van der Waals surface area contributed by atoms with Gasteiger partial charge in [0.25, 0.3) is 0 Å². The largest absolute Gasteiger partial charge is 0.478 e. The van der Waals surface area contributed by atoms with Crippen LogP contribution in [0.15, 0.2) is 36.8 Å². The van der Waals surface area contributed by atoms with Crippen LogP contribution in [-0.2, 0) is 12.8 Å². The van der Waals surface area contributed by atoms with Crippen molar-refractivity contribution in [1.29, 1.82) is 0 Å². The first kappa shape index (κ1) is 12.2. The summed E-state index contributed by atoms with van der Waals surface area (Å²) in [6, 6.07) is 5.45. The highest BCUT2D eigenvalue weighted by Gasteiger charge is 2.10. The Balaban J connectivity index is 2.25.